The van der Waals surface area contributed by atoms with E-state index >= 15 is 0 Å². The molecule has 3 heteroatoms. The van der Waals surface area contributed by atoms with Gasteiger partial charge in [-0.25, -0.2) is 0 Å². The van der Waals surface area contributed by atoms with E-state index < -0.39 is 0 Å². The van der Waals surface area contributed by atoms with E-state index in [2.05, 4.69) is 23.6 Å². The minimum atomic E-state index is 0.161. The predicted octanol–water partition coefficient (Wildman–Crippen LogP) is 2.08. The third kappa shape index (κ3) is 2.79. The summed E-state index contributed by atoms with van der Waals surface area (Å²) in [6.07, 6.45) is 1.93. The van der Waals surface area contributed by atoms with Crippen LogP contribution in [0.15, 0.2) is 43.0 Å². The summed E-state index contributed by atoms with van der Waals surface area (Å²) in [4.78, 5) is 15.8. The van der Waals surface area contributed by atoms with Gasteiger partial charge in [-0.2, -0.15) is 0 Å². The lowest BCUT2D eigenvalue weighted by Gasteiger charge is -2.41. The molecule has 3 nitrogen and oxygen atoms in total. The average Bonchev–Trinajstić information content (AvgIpc) is 2.40. The van der Waals surface area contributed by atoms with Gasteiger partial charge in [0.1, 0.15) is 0 Å². The molecule has 1 atom stereocenters. The van der Waals surface area contributed by atoms with Crippen molar-refractivity contribution in [3.8, 4) is 0 Å². The number of piperazine rings is 1. The van der Waals surface area contributed by atoms with Crippen LogP contribution in [0.4, 0.5) is 0 Å². The summed E-state index contributed by atoms with van der Waals surface area (Å²) in [7, 11) is 0. The fourth-order valence-corrected chi connectivity index (χ4v) is 2.48. The molecule has 1 fully saturated rings. The quantitative estimate of drug-likeness (QED) is 0.760. The fourth-order valence-electron chi connectivity index (χ4n) is 2.48. The van der Waals surface area contributed by atoms with Crippen molar-refractivity contribution in [3.05, 3.63) is 48.6 Å². The van der Waals surface area contributed by atoms with E-state index in [1.807, 2.05) is 29.2 Å². The molecule has 96 valence electrons. The summed E-state index contributed by atoms with van der Waals surface area (Å²) in [5, 5.41) is 0. The number of rotatable bonds is 3. The topological polar surface area (TPSA) is 23.6 Å². The van der Waals surface area contributed by atoms with Crippen molar-refractivity contribution in [2.24, 2.45) is 0 Å². The molecule has 0 aromatic heterocycles. The fraction of sp³-hybridized carbons (Fsp3) is 0.400. The highest BCUT2D eigenvalue weighted by atomic mass is 16.2. The molecule has 1 aliphatic rings. The van der Waals surface area contributed by atoms with Crippen LogP contribution in [-0.2, 0) is 4.79 Å². The van der Waals surface area contributed by atoms with Crippen LogP contribution >= 0.6 is 0 Å². The molecule has 1 aliphatic heterocycles. The Morgan fingerprint density at radius 1 is 1.39 bits per heavy atom. The Morgan fingerprint density at radius 2 is 2.11 bits per heavy atom. The van der Waals surface area contributed by atoms with Gasteiger partial charge in [0.15, 0.2) is 0 Å². The number of nitrogens with zero attached hydrogens (tertiary/aromatic N) is 2. The number of benzene rings is 1. The van der Waals surface area contributed by atoms with E-state index in [1.165, 1.54) is 5.56 Å². The molecule has 1 amide bonds. The van der Waals surface area contributed by atoms with Crippen LogP contribution in [0.5, 0.6) is 0 Å². The molecule has 0 N–H and O–H groups in total. The number of carbonyl (C=O) groups excluding carboxylic acids is 1. The highest BCUT2D eigenvalue weighted by molar-refractivity contribution is 5.73. The van der Waals surface area contributed by atoms with E-state index in [9.17, 15) is 4.79 Å². The molecule has 1 heterocycles. The number of hydrogen-bond acceptors (Lipinski definition) is 2. The summed E-state index contributed by atoms with van der Waals surface area (Å²) < 4.78 is 0. The van der Waals surface area contributed by atoms with E-state index in [1.54, 1.807) is 6.92 Å². The van der Waals surface area contributed by atoms with Gasteiger partial charge in [-0.15, -0.1) is 6.58 Å². The predicted molar refractivity (Wildman–Crippen MR) is 73.2 cm³/mol. The largest absolute Gasteiger partial charge is 0.340 e. The molecule has 0 radical (unpaired) electrons. The van der Waals surface area contributed by atoms with Crippen molar-refractivity contribution >= 4 is 5.91 Å². The van der Waals surface area contributed by atoms with Crippen LogP contribution in [0.2, 0.25) is 0 Å². The second-order valence-electron chi connectivity index (χ2n) is 4.68. The maximum atomic E-state index is 11.5. The first-order valence-corrected chi connectivity index (χ1v) is 6.37. The van der Waals surface area contributed by atoms with Gasteiger partial charge in [0, 0.05) is 33.1 Å². The first-order valence-electron chi connectivity index (χ1n) is 6.37. The lowest BCUT2D eigenvalue weighted by molar-refractivity contribution is -0.131. The highest BCUT2D eigenvalue weighted by Crippen LogP contribution is 2.25. The third-order valence-electron chi connectivity index (χ3n) is 3.48. The van der Waals surface area contributed by atoms with Gasteiger partial charge in [-0.3, -0.25) is 9.69 Å². The molecule has 0 bridgehead atoms. The molecule has 18 heavy (non-hydrogen) atoms. The molecule has 0 spiro atoms. The normalized spacial score (nSPS) is 20.7. The highest BCUT2D eigenvalue weighted by Gasteiger charge is 2.28. The Morgan fingerprint density at radius 3 is 2.72 bits per heavy atom. The number of carbonyl (C=O) groups is 1. The van der Waals surface area contributed by atoms with Crippen LogP contribution in [0.1, 0.15) is 18.5 Å². The minimum Gasteiger partial charge on any atom is -0.340 e. The second kappa shape index (κ2) is 5.83. The monoisotopic (exact) mass is 244 g/mol. The SMILES string of the molecule is C=CCN1CCN(C(C)=O)CC1c1ccccc1. The van der Waals surface area contributed by atoms with Crippen molar-refractivity contribution in [2.45, 2.75) is 13.0 Å². The lowest BCUT2D eigenvalue weighted by Crippen LogP contribution is -2.49. The van der Waals surface area contributed by atoms with Gasteiger partial charge in [0.2, 0.25) is 5.91 Å². The Kier molecular flexibility index (Phi) is 4.15. The minimum absolute atomic E-state index is 0.161. The summed E-state index contributed by atoms with van der Waals surface area (Å²) in [5.74, 6) is 0.161. The standard InChI is InChI=1S/C15H20N2O/c1-3-9-16-10-11-17(13(2)18)12-15(16)14-7-5-4-6-8-14/h3-8,15H,1,9-12H2,2H3. The third-order valence-corrected chi connectivity index (χ3v) is 3.48. The number of hydrogen-bond donors (Lipinski definition) is 0. The van der Waals surface area contributed by atoms with E-state index in [4.69, 9.17) is 0 Å². The Labute approximate surface area is 109 Å². The molecule has 1 unspecified atom stereocenters. The van der Waals surface area contributed by atoms with Crippen molar-refractivity contribution in [1.82, 2.24) is 9.80 Å². The number of amides is 1. The first-order chi connectivity index (χ1) is 8.72. The lowest BCUT2D eigenvalue weighted by atomic mass is 10.0. The van der Waals surface area contributed by atoms with Gasteiger partial charge < -0.3 is 4.90 Å². The Balaban J connectivity index is 2.19. The van der Waals surface area contributed by atoms with Gasteiger partial charge in [0.25, 0.3) is 0 Å². The second-order valence-corrected chi connectivity index (χ2v) is 4.68. The maximum Gasteiger partial charge on any atom is 0.219 e. The molecular weight excluding hydrogens is 224 g/mol. The van der Waals surface area contributed by atoms with Gasteiger partial charge in [0.05, 0.1) is 6.04 Å². The van der Waals surface area contributed by atoms with Crippen molar-refractivity contribution in [1.29, 1.82) is 0 Å². The van der Waals surface area contributed by atoms with Crippen LogP contribution in [-0.4, -0.2) is 41.9 Å². The molecule has 1 aromatic rings. The van der Waals surface area contributed by atoms with E-state index in [0.717, 1.165) is 26.2 Å². The summed E-state index contributed by atoms with van der Waals surface area (Å²) in [5.41, 5.74) is 1.27. The molecule has 0 saturated carbocycles. The summed E-state index contributed by atoms with van der Waals surface area (Å²) >= 11 is 0. The maximum absolute atomic E-state index is 11.5. The van der Waals surface area contributed by atoms with Gasteiger partial charge in [-0.1, -0.05) is 36.4 Å². The van der Waals surface area contributed by atoms with Crippen LogP contribution in [0.25, 0.3) is 0 Å². The average molecular weight is 244 g/mol. The zero-order valence-electron chi connectivity index (χ0n) is 10.9. The molecular formula is C15H20N2O. The van der Waals surface area contributed by atoms with Crippen molar-refractivity contribution in [3.63, 3.8) is 0 Å². The first kappa shape index (κ1) is 12.8. The summed E-state index contributed by atoms with van der Waals surface area (Å²) in [6, 6.07) is 10.7. The van der Waals surface area contributed by atoms with Crippen LogP contribution < -0.4 is 0 Å². The van der Waals surface area contributed by atoms with Crippen molar-refractivity contribution < 1.29 is 4.79 Å². The van der Waals surface area contributed by atoms with Gasteiger partial charge >= 0.3 is 0 Å². The Bertz CT molecular complexity index is 416. The zero-order valence-corrected chi connectivity index (χ0v) is 10.9. The van der Waals surface area contributed by atoms with E-state index in [-0.39, 0.29) is 11.9 Å². The van der Waals surface area contributed by atoms with Crippen LogP contribution in [0, 0.1) is 0 Å². The Hall–Kier alpha value is -1.61. The molecule has 2 rings (SSSR count). The van der Waals surface area contributed by atoms with E-state index in [0.29, 0.717) is 0 Å². The molecule has 1 aromatic carbocycles. The molecule has 1 saturated heterocycles. The zero-order chi connectivity index (χ0) is 13.0. The smallest absolute Gasteiger partial charge is 0.219 e. The van der Waals surface area contributed by atoms with Crippen molar-refractivity contribution in [2.75, 3.05) is 26.2 Å². The molecule has 0 aliphatic carbocycles. The summed E-state index contributed by atoms with van der Waals surface area (Å²) in [6.45, 7) is 8.82. The van der Waals surface area contributed by atoms with Crippen LogP contribution in [0.3, 0.4) is 0 Å². The van der Waals surface area contributed by atoms with Gasteiger partial charge in [-0.05, 0) is 5.56 Å².